The molecule has 0 radical (unpaired) electrons. The molecule has 0 aliphatic carbocycles. The van der Waals surface area contributed by atoms with Crippen LogP contribution in [0.25, 0.3) is 0 Å². The molecular weight excluding hydrogens is 248 g/mol. The summed E-state index contributed by atoms with van der Waals surface area (Å²) in [4.78, 5) is 16.0. The fourth-order valence-electron chi connectivity index (χ4n) is 2.31. The summed E-state index contributed by atoms with van der Waals surface area (Å²) in [6.45, 7) is 7.51. The Morgan fingerprint density at radius 2 is 2.11 bits per heavy atom. The maximum Gasteiger partial charge on any atom is 0.350 e. The van der Waals surface area contributed by atoms with Crippen molar-refractivity contribution in [3.05, 3.63) is 15.3 Å². The van der Waals surface area contributed by atoms with Gasteiger partial charge in [0.05, 0.1) is 12.3 Å². The number of nitrogen functional groups attached to an aromatic ring is 1. The van der Waals surface area contributed by atoms with E-state index in [9.17, 15) is 4.79 Å². The lowest BCUT2D eigenvalue weighted by Gasteiger charge is -2.16. The summed E-state index contributed by atoms with van der Waals surface area (Å²) in [6.07, 6.45) is 1.92. The predicted molar refractivity (Wildman–Crippen MR) is 74.2 cm³/mol. The van der Waals surface area contributed by atoms with Crippen molar-refractivity contribution >= 4 is 23.0 Å². The van der Waals surface area contributed by atoms with Gasteiger partial charge in [0.1, 0.15) is 4.88 Å². The first-order chi connectivity index (χ1) is 8.67. The molecule has 0 bridgehead atoms. The van der Waals surface area contributed by atoms with Gasteiger partial charge in [0.25, 0.3) is 0 Å². The van der Waals surface area contributed by atoms with Crippen molar-refractivity contribution in [2.75, 3.05) is 32.0 Å². The Kier molecular flexibility index (Phi) is 4.24. The van der Waals surface area contributed by atoms with Gasteiger partial charge in [-0.1, -0.05) is 6.92 Å². The molecule has 0 amide bonds. The molecular formula is C13H20N2O2S. The minimum Gasteiger partial charge on any atom is -0.462 e. The normalized spacial score (nSPS) is 16.1. The summed E-state index contributed by atoms with van der Waals surface area (Å²) in [5.74, 6) is -0.277. The van der Waals surface area contributed by atoms with Crippen LogP contribution in [0.15, 0.2) is 0 Å². The standard InChI is InChI=1S/C13H20N2O2S/c1-3-15-7-5-9-10(6-8-15)18-12(11(9)14)13(16)17-4-2/h3-8,14H2,1-2H3. The highest BCUT2D eigenvalue weighted by molar-refractivity contribution is 7.14. The summed E-state index contributed by atoms with van der Waals surface area (Å²) in [6, 6.07) is 0. The van der Waals surface area contributed by atoms with Crippen LogP contribution in [0, 0.1) is 0 Å². The third-order valence-electron chi connectivity index (χ3n) is 3.37. The number of nitrogens with two attached hydrogens (primary N) is 1. The monoisotopic (exact) mass is 268 g/mol. The average Bonchev–Trinajstić information content (AvgIpc) is 2.56. The highest BCUT2D eigenvalue weighted by atomic mass is 32.1. The van der Waals surface area contributed by atoms with E-state index < -0.39 is 0 Å². The first-order valence-corrected chi connectivity index (χ1v) is 7.28. The first-order valence-electron chi connectivity index (χ1n) is 6.46. The molecule has 1 aromatic rings. The third-order valence-corrected chi connectivity index (χ3v) is 4.66. The maximum atomic E-state index is 11.8. The quantitative estimate of drug-likeness (QED) is 0.851. The van der Waals surface area contributed by atoms with Crippen molar-refractivity contribution in [3.63, 3.8) is 0 Å². The molecule has 2 heterocycles. The van der Waals surface area contributed by atoms with Crippen LogP contribution in [0.2, 0.25) is 0 Å². The third kappa shape index (κ3) is 2.52. The van der Waals surface area contributed by atoms with Crippen molar-refractivity contribution in [1.29, 1.82) is 0 Å². The number of carbonyl (C=O) groups excluding carboxylic acids is 1. The van der Waals surface area contributed by atoms with Crippen LogP contribution in [0.4, 0.5) is 5.69 Å². The molecule has 100 valence electrons. The summed E-state index contributed by atoms with van der Waals surface area (Å²) in [5.41, 5.74) is 7.91. The van der Waals surface area contributed by atoms with Gasteiger partial charge in [-0.15, -0.1) is 11.3 Å². The van der Waals surface area contributed by atoms with E-state index in [0.29, 0.717) is 17.2 Å². The SMILES string of the molecule is CCOC(=O)c1sc2c(c1N)CCN(CC)CC2. The summed E-state index contributed by atoms with van der Waals surface area (Å²) >= 11 is 1.51. The van der Waals surface area contributed by atoms with Crippen LogP contribution in [-0.4, -0.2) is 37.1 Å². The molecule has 1 aliphatic rings. The van der Waals surface area contributed by atoms with E-state index >= 15 is 0 Å². The molecule has 18 heavy (non-hydrogen) atoms. The van der Waals surface area contributed by atoms with Gasteiger partial charge in [-0.25, -0.2) is 4.79 Å². The number of hydrogen-bond donors (Lipinski definition) is 1. The lowest BCUT2D eigenvalue weighted by Crippen LogP contribution is -2.25. The molecule has 1 aromatic heterocycles. The molecule has 1 aliphatic heterocycles. The fourth-order valence-corrected chi connectivity index (χ4v) is 3.46. The van der Waals surface area contributed by atoms with Crippen LogP contribution in [-0.2, 0) is 17.6 Å². The second-order valence-electron chi connectivity index (χ2n) is 4.40. The number of fused-ring (bicyclic) bond motifs is 1. The molecule has 2 N–H and O–H groups in total. The van der Waals surface area contributed by atoms with E-state index in [-0.39, 0.29) is 5.97 Å². The van der Waals surface area contributed by atoms with Crippen molar-refractivity contribution in [1.82, 2.24) is 4.90 Å². The molecule has 0 saturated carbocycles. The van der Waals surface area contributed by atoms with E-state index in [4.69, 9.17) is 10.5 Å². The minimum absolute atomic E-state index is 0.277. The summed E-state index contributed by atoms with van der Waals surface area (Å²) < 4.78 is 5.04. The van der Waals surface area contributed by atoms with Gasteiger partial charge < -0.3 is 15.4 Å². The van der Waals surface area contributed by atoms with Crippen molar-refractivity contribution in [2.45, 2.75) is 26.7 Å². The zero-order valence-corrected chi connectivity index (χ0v) is 11.8. The number of ether oxygens (including phenoxy) is 1. The Morgan fingerprint density at radius 1 is 1.39 bits per heavy atom. The zero-order chi connectivity index (χ0) is 13.1. The highest BCUT2D eigenvalue weighted by Gasteiger charge is 2.24. The largest absolute Gasteiger partial charge is 0.462 e. The Hall–Kier alpha value is -1.07. The fraction of sp³-hybridized carbons (Fsp3) is 0.615. The lowest BCUT2D eigenvalue weighted by atomic mass is 10.1. The van der Waals surface area contributed by atoms with E-state index in [1.165, 1.54) is 21.8 Å². The number of rotatable bonds is 3. The number of nitrogens with zero attached hydrogens (tertiary/aromatic N) is 1. The first kappa shape index (κ1) is 13.4. The molecule has 4 nitrogen and oxygen atoms in total. The number of esters is 1. The molecule has 0 atom stereocenters. The molecule has 5 heteroatoms. The Bertz CT molecular complexity index is 442. The predicted octanol–water partition coefficient (Wildman–Crippen LogP) is 1.93. The number of carbonyl (C=O) groups is 1. The topological polar surface area (TPSA) is 55.6 Å². The van der Waals surface area contributed by atoms with Gasteiger partial charge in [-0.3, -0.25) is 0 Å². The Morgan fingerprint density at radius 3 is 2.78 bits per heavy atom. The molecule has 0 fully saturated rings. The van der Waals surface area contributed by atoms with E-state index in [1.54, 1.807) is 0 Å². The van der Waals surface area contributed by atoms with Crippen LogP contribution < -0.4 is 5.73 Å². The maximum absolute atomic E-state index is 11.8. The van der Waals surface area contributed by atoms with Gasteiger partial charge in [0.15, 0.2) is 0 Å². The molecule has 0 aromatic carbocycles. The molecule has 2 rings (SSSR count). The van der Waals surface area contributed by atoms with Crippen molar-refractivity contribution < 1.29 is 9.53 Å². The van der Waals surface area contributed by atoms with Gasteiger partial charge in [0.2, 0.25) is 0 Å². The number of anilines is 1. The summed E-state index contributed by atoms with van der Waals surface area (Å²) in [5, 5.41) is 0. The molecule has 0 unspecified atom stereocenters. The van der Waals surface area contributed by atoms with E-state index in [1.807, 2.05) is 6.92 Å². The van der Waals surface area contributed by atoms with Crippen molar-refractivity contribution in [3.8, 4) is 0 Å². The number of thiophene rings is 1. The van der Waals surface area contributed by atoms with Crippen LogP contribution in [0.3, 0.4) is 0 Å². The lowest BCUT2D eigenvalue weighted by molar-refractivity contribution is 0.0533. The van der Waals surface area contributed by atoms with E-state index in [0.717, 1.165) is 32.5 Å². The number of likely N-dealkylation sites (N-methyl/N-ethyl adjacent to an activating group) is 1. The van der Waals surface area contributed by atoms with Crippen LogP contribution in [0.5, 0.6) is 0 Å². The number of hydrogen-bond acceptors (Lipinski definition) is 5. The van der Waals surface area contributed by atoms with Crippen LogP contribution in [0.1, 0.15) is 34.0 Å². The highest BCUT2D eigenvalue weighted by Crippen LogP contribution is 2.34. The smallest absolute Gasteiger partial charge is 0.350 e. The van der Waals surface area contributed by atoms with E-state index in [2.05, 4.69) is 11.8 Å². The zero-order valence-electron chi connectivity index (χ0n) is 11.0. The second-order valence-corrected chi connectivity index (χ2v) is 5.51. The van der Waals surface area contributed by atoms with Gasteiger partial charge in [0, 0.05) is 18.0 Å². The van der Waals surface area contributed by atoms with Gasteiger partial charge in [-0.2, -0.15) is 0 Å². The average molecular weight is 268 g/mol. The Labute approximate surface area is 112 Å². The van der Waals surface area contributed by atoms with Gasteiger partial charge in [-0.05, 0) is 31.9 Å². The van der Waals surface area contributed by atoms with Crippen LogP contribution >= 0.6 is 11.3 Å². The van der Waals surface area contributed by atoms with Gasteiger partial charge >= 0.3 is 5.97 Å². The second kappa shape index (κ2) is 5.71. The Balaban J connectivity index is 2.23. The molecule has 0 spiro atoms. The summed E-state index contributed by atoms with van der Waals surface area (Å²) in [7, 11) is 0. The minimum atomic E-state index is -0.277. The van der Waals surface area contributed by atoms with Crippen molar-refractivity contribution in [2.24, 2.45) is 0 Å². The molecule has 0 saturated heterocycles.